The third-order valence-corrected chi connectivity index (χ3v) is 4.66. The van der Waals surface area contributed by atoms with Crippen molar-refractivity contribution < 1.29 is 8.42 Å². The van der Waals surface area contributed by atoms with Gasteiger partial charge in [-0.1, -0.05) is 6.07 Å². The number of anilines is 1. The molecule has 8 nitrogen and oxygen atoms in total. The van der Waals surface area contributed by atoms with Crippen molar-refractivity contribution in [3.05, 3.63) is 59.9 Å². The molecule has 9 heteroatoms. The molecule has 0 aliphatic carbocycles. The molecule has 0 aliphatic heterocycles. The molecule has 0 spiro atoms. The van der Waals surface area contributed by atoms with Crippen molar-refractivity contribution in [3.63, 3.8) is 0 Å². The predicted molar refractivity (Wildman–Crippen MR) is 85.9 cm³/mol. The molecule has 0 amide bonds. The van der Waals surface area contributed by atoms with E-state index in [2.05, 4.69) is 20.2 Å². The zero-order valence-electron chi connectivity index (χ0n) is 12.6. The third kappa shape index (κ3) is 3.09. The Labute approximate surface area is 138 Å². The minimum atomic E-state index is -3.75. The van der Waals surface area contributed by atoms with Crippen molar-refractivity contribution in [3.8, 4) is 11.8 Å². The summed E-state index contributed by atoms with van der Waals surface area (Å²) in [4.78, 5) is 0.0745. The van der Waals surface area contributed by atoms with E-state index in [0.29, 0.717) is 22.8 Å². The van der Waals surface area contributed by atoms with Crippen LogP contribution in [0.5, 0.6) is 0 Å². The maximum atomic E-state index is 12.4. The summed E-state index contributed by atoms with van der Waals surface area (Å²) in [5.74, 6) is 0.585. The summed E-state index contributed by atoms with van der Waals surface area (Å²) in [6.45, 7) is 1.74. The van der Waals surface area contributed by atoms with Gasteiger partial charge < -0.3 is 0 Å². The highest BCUT2D eigenvalue weighted by Gasteiger charge is 2.15. The zero-order valence-corrected chi connectivity index (χ0v) is 13.4. The van der Waals surface area contributed by atoms with E-state index < -0.39 is 10.0 Å². The van der Waals surface area contributed by atoms with Gasteiger partial charge in [0.05, 0.1) is 27.9 Å². The first-order valence-corrected chi connectivity index (χ1v) is 8.36. The number of aromatic nitrogens is 4. The molecule has 0 saturated heterocycles. The largest absolute Gasteiger partial charge is 0.280 e. The molecule has 0 aliphatic rings. The van der Waals surface area contributed by atoms with E-state index in [-0.39, 0.29) is 4.90 Å². The molecule has 0 atom stereocenters. The number of benzene rings is 2. The molecule has 3 aromatic rings. The van der Waals surface area contributed by atoms with E-state index in [1.165, 1.54) is 28.9 Å². The molecular weight excluding hydrogens is 328 g/mol. The molecule has 1 heterocycles. The van der Waals surface area contributed by atoms with Crippen LogP contribution in [-0.4, -0.2) is 28.6 Å². The lowest BCUT2D eigenvalue weighted by Gasteiger charge is -2.10. The lowest BCUT2D eigenvalue weighted by molar-refractivity contribution is 0.601. The summed E-state index contributed by atoms with van der Waals surface area (Å²) in [6, 6.07) is 14.4. The van der Waals surface area contributed by atoms with Gasteiger partial charge in [0.1, 0.15) is 0 Å². The van der Waals surface area contributed by atoms with Gasteiger partial charge in [0.15, 0.2) is 5.82 Å². The lowest BCUT2D eigenvalue weighted by Crippen LogP contribution is -2.13. The van der Waals surface area contributed by atoms with Crippen molar-refractivity contribution in [1.29, 1.82) is 5.26 Å². The van der Waals surface area contributed by atoms with Crippen molar-refractivity contribution in [2.75, 3.05) is 4.72 Å². The molecule has 24 heavy (non-hydrogen) atoms. The standard InChI is InChI=1S/C15H12N6O2S/c1-11-17-19-20-21(11)14-4-2-3-13(9-14)18-24(22,23)15-7-5-12(10-16)6-8-15/h2-9,18H,1H3. The summed E-state index contributed by atoms with van der Waals surface area (Å²) < 4.78 is 28.9. The molecule has 120 valence electrons. The van der Waals surface area contributed by atoms with Crippen LogP contribution in [-0.2, 0) is 10.0 Å². The van der Waals surface area contributed by atoms with Gasteiger partial charge in [0.25, 0.3) is 10.0 Å². The van der Waals surface area contributed by atoms with Crippen LogP contribution >= 0.6 is 0 Å². The summed E-state index contributed by atoms with van der Waals surface area (Å²) in [5, 5.41) is 20.0. The van der Waals surface area contributed by atoms with Crippen LogP contribution in [0.4, 0.5) is 5.69 Å². The Morgan fingerprint density at radius 1 is 1.17 bits per heavy atom. The second-order valence-corrected chi connectivity index (χ2v) is 6.61. The molecule has 2 aromatic carbocycles. The van der Waals surface area contributed by atoms with Crippen molar-refractivity contribution in [2.45, 2.75) is 11.8 Å². The monoisotopic (exact) mass is 340 g/mol. The van der Waals surface area contributed by atoms with Crippen LogP contribution in [0, 0.1) is 18.3 Å². The molecule has 1 N–H and O–H groups in total. The Bertz CT molecular complexity index is 1020. The number of sulfonamides is 1. The molecule has 0 unspecified atom stereocenters. The summed E-state index contributed by atoms with van der Waals surface area (Å²) in [7, 11) is -3.75. The average molecular weight is 340 g/mol. The van der Waals surface area contributed by atoms with Gasteiger partial charge in [0.2, 0.25) is 0 Å². The maximum Gasteiger partial charge on any atom is 0.261 e. The number of rotatable bonds is 4. The number of hydrogen-bond acceptors (Lipinski definition) is 6. The second-order valence-electron chi connectivity index (χ2n) is 4.93. The lowest BCUT2D eigenvalue weighted by atomic mass is 10.2. The molecule has 0 radical (unpaired) electrons. The summed E-state index contributed by atoms with van der Waals surface area (Å²) in [5.41, 5.74) is 1.41. The maximum absolute atomic E-state index is 12.4. The molecule has 0 saturated carbocycles. The summed E-state index contributed by atoms with van der Waals surface area (Å²) >= 11 is 0. The third-order valence-electron chi connectivity index (χ3n) is 3.26. The minimum absolute atomic E-state index is 0.0745. The Hall–Kier alpha value is -3.25. The van der Waals surface area contributed by atoms with Gasteiger partial charge in [-0.3, -0.25) is 4.72 Å². The average Bonchev–Trinajstić information content (AvgIpc) is 3.01. The fourth-order valence-electron chi connectivity index (χ4n) is 2.09. The fraction of sp³-hybridized carbons (Fsp3) is 0.0667. The molecular formula is C15H12N6O2S. The smallest absolute Gasteiger partial charge is 0.261 e. The van der Waals surface area contributed by atoms with Crippen LogP contribution in [0.3, 0.4) is 0 Å². The minimum Gasteiger partial charge on any atom is -0.280 e. The number of nitriles is 1. The zero-order chi connectivity index (χ0) is 17.2. The van der Waals surface area contributed by atoms with Crippen molar-refractivity contribution in [2.24, 2.45) is 0 Å². The molecule has 0 bridgehead atoms. The first kappa shape index (κ1) is 15.6. The molecule has 1 aromatic heterocycles. The fourth-order valence-corrected chi connectivity index (χ4v) is 3.14. The number of nitrogens with one attached hydrogen (secondary N) is 1. The van der Waals surface area contributed by atoms with E-state index >= 15 is 0 Å². The molecule has 0 fully saturated rings. The van der Waals surface area contributed by atoms with E-state index in [9.17, 15) is 8.42 Å². The second kappa shape index (κ2) is 6.10. The van der Waals surface area contributed by atoms with E-state index in [1.54, 1.807) is 31.2 Å². The Morgan fingerprint density at radius 3 is 2.54 bits per heavy atom. The first-order chi connectivity index (χ1) is 11.5. The molecule has 3 rings (SSSR count). The first-order valence-electron chi connectivity index (χ1n) is 6.88. The topological polar surface area (TPSA) is 114 Å². The number of aryl methyl sites for hydroxylation is 1. The van der Waals surface area contributed by atoms with Crippen LogP contribution in [0.15, 0.2) is 53.4 Å². The van der Waals surface area contributed by atoms with Crippen LogP contribution in [0.1, 0.15) is 11.4 Å². The van der Waals surface area contributed by atoms with Gasteiger partial charge in [-0.15, -0.1) is 5.10 Å². The van der Waals surface area contributed by atoms with Crippen molar-refractivity contribution >= 4 is 15.7 Å². The van der Waals surface area contributed by atoms with E-state index in [1.807, 2.05) is 6.07 Å². The van der Waals surface area contributed by atoms with E-state index in [4.69, 9.17) is 5.26 Å². The highest BCUT2D eigenvalue weighted by Crippen LogP contribution is 2.19. The summed E-state index contributed by atoms with van der Waals surface area (Å²) in [6.07, 6.45) is 0. The normalized spacial score (nSPS) is 11.0. The number of hydrogen-bond donors (Lipinski definition) is 1. The van der Waals surface area contributed by atoms with Gasteiger partial charge in [-0.25, -0.2) is 8.42 Å². The van der Waals surface area contributed by atoms with Crippen molar-refractivity contribution in [1.82, 2.24) is 20.2 Å². The number of nitrogens with zero attached hydrogens (tertiary/aromatic N) is 5. The quantitative estimate of drug-likeness (QED) is 0.772. The van der Waals surface area contributed by atoms with Crippen LogP contribution < -0.4 is 4.72 Å². The van der Waals surface area contributed by atoms with Gasteiger partial charge in [-0.2, -0.15) is 9.94 Å². The van der Waals surface area contributed by atoms with E-state index in [0.717, 1.165) is 0 Å². The highest BCUT2D eigenvalue weighted by molar-refractivity contribution is 7.92. The highest BCUT2D eigenvalue weighted by atomic mass is 32.2. The van der Waals surface area contributed by atoms with Gasteiger partial charge >= 0.3 is 0 Å². The number of tetrazole rings is 1. The predicted octanol–water partition coefficient (Wildman–Crippen LogP) is 1.64. The Balaban J connectivity index is 1.90. The van der Waals surface area contributed by atoms with Crippen LogP contribution in [0.2, 0.25) is 0 Å². The Kier molecular flexibility index (Phi) is 3.97. The SMILES string of the molecule is Cc1nnnn1-c1cccc(NS(=O)(=O)c2ccc(C#N)cc2)c1. The van der Waals surface area contributed by atoms with Crippen LogP contribution in [0.25, 0.3) is 5.69 Å². The Morgan fingerprint density at radius 2 is 1.92 bits per heavy atom. The van der Waals surface area contributed by atoms with Gasteiger partial charge in [-0.05, 0) is 59.8 Å². The van der Waals surface area contributed by atoms with Gasteiger partial charge in [0, 0.05) is 0 Å².